The molecule has 0 bridgehead atoms. The number of rotatable bonds is 3. The Kier molecular flexibility index (Phi) is 3.53. The lowest BCUT2D eigenvalue weighted by Crippen LogP contribution is -2.00. The quantitative estimate of drug-likeness (QED) is 0.917. The van der Waals surface area contributed by atoms with Gasteiger partial charge in [-0.05, 0) is 23.8 Å². The number of ether oxygens (including phenoxy) is 1. The molecule has 0 fully saturated rings. The molecule has 2 rings (SSSR count). The van der Waals surface area contributed by atoms with Crippen molar-refractivity contribution < 1.29 is 14.6 Å². The third-order valence-electron chi connectivity index (χ3n) is 2.62. The number of carboxylic acid groups (broad SMARTS) is 1. The predicted molar refractivity (Wildman–Crippen MR) is 70.4 cm³/mol. The maximum absolute atomic E-state index is 11.0. The van der Waals surface area contributed by atoms with Crippen molar-refractivity contribution in [2.75, 3.05) is 7.11 Å². The van der Waals surface area contributed by atoms with E-state index in [1.54, 1.807) is 18.2 Å². The van der Waals surface area contributed by atoms with Crippen LogP contribution in [0.4, 0.5) is 0 Å². The maximum Gasteiger partial charge on any atom is 0.339 e. The molecule has 0 aliphatic rings. The summed E-state index contributed by atoms with van der Waals surface area (Å²) < 4.78 is 5.08. The van der Waals surface area contributed by atoms with Gasteiger partial charge in [-0.25, -0.2) is 4.79 Å². The zero-order valence-corrected chi connectivity index (χ0v) is 10.4. The normalized spacial score (nSPS) is 10.1. The lowest BCUT2D eigenvalue weighted by Gasteiger charge is -2.09. The van der Waals surface area contributed by atoms with Gasteiger partial charge in [-0.2, -0.15) is 0 Å². The smallest absolute Gasteiger partial charge is 0.339 e. The van der Waals surface area contributed by atoms with Crippen LogP contribution in [0.3, 0.4) is 0 Å². The highest BCUT2D eigenvalue weighted by atomic mass is 35.5. The van der Waals surface area contributed by atoms with Crippen LogP contribution in [0.5, 0.6) is 5.75 Å². The van der Waals surface area contributed by atoms with Gasteiger partial charge in [0.25, 0.3) is 0 Å². The lowest BCUT2D eigenvalue weighted by molar-refractivity contribution is 0.0693. The Morgan fingerprint density at radius 3 is 2.56 bits per heavy atom. The van der Waals surface area contributed by atoms with E-state index in [0.717, 1.165) is 11.1 Å². The van der Waals surface area contributed by atoms with Crippen molar-refractivity contribution in [3.63, 3.8) is 0 Å². The van der Waals surface area contributed by atoms with Crippen LogP contribution in [0.1, 0.15) is 10.4 Å². The van der Waals surface area contributed by atoms with Gasteiger partial charge in [0.05, 0.1) is 7.11 Å². The Balaban J connectivity index is 2.55. The Labute approximate surface area is 110 Å². The average Bonchev–Trinajstić information content (AvgIpc) is 2.38. The molecule has 0 aromatic heterocycles. The van der Waals surface area contributed by atoms with Crippen LogP contribution >= 0.6 is 11.6 Å². The molecule has 4 heteroatoms. The van der Waals surface area contributed by atoms with Crippen molar-refractivity contribution in [1.29, 1.82) is 0 Å². The number of carboxylic acids is 1. The van der Waals surface area contributed by atoms with Crippen molar-refractivity contribution in [2.45, 2.75) is 0 Å². The molecule has 18 heavy (non-hydrogen) atoms. The molecule has 0 amide bonds. The molecule has 92 valence electrons. The minimum atomic E-state index is -1.02. The molecule has 0 saturated heterocycles. The number of methoxy groups -OCH3 is 1. The number of aromatic carboxylic acids is 1. The van der Waals surface area contributed by atoms with Crippen LogP contribution in [0.15, 0.2) is 42.5 Å². The van der Waals surface area contributed by atoms with Gasteiger partial charge in [-0.1, -0.05) is 35.9 Å². The van der Waals surface area contributed by atoms with Gasteiger partial charge in [-0.15, -0.1) is 0 Å². The summed E-state index contributed by atoms with van der Waals surface area (Å²) in [4.78, 5) is 11.0. The molecule has 0 spiro atoms. The summed E-state index contributed by atoms with van der Waals surface area (Å²) in [6, 6.07) is 12.3. The first kappa shape index (κ1) is 12.5. The third kappa shape index (κ3) is 2.31. The molecule has 0 heterocycles. The number of halogens is 1. The van der Waals surface area contributed by atoms with Gasteiger partial charge >= 0.3 is 5.97 Å². The summed E-state index contributed by atoms with van der Waals surface area (Å²) in [5.74, 6) is -0.697. The van der Waals surface area contributed by atoms with Crippen LogP contribution in [-0.4, -0.2) is 18.2 Å². The topological polar surface area (TPSA) is 46.5 Å². The Bertz CT molecular complexity index is 593. The largest absolute Gasteiger partial charge is 0.496 e. The Hall–Kier alpha value is -2.00. The second-order valence-electron chi connectivity index (χ2n) is 3.70. The van der Waals surface area contributed by atoms with Crippen LogP contribution in [-0.2, 0) is 0 Å². The summed E-state index contributed by atoms with van der Waals surface area (Å²) in [5.41, 5.74) is 1.80. The highest BCUT2D eigenvalue weighted by Crippen LogP contribution is 2.31. The fourth-order valence-electron chi connectivity index (χ4n) is 1.73. The monoisotopic (exact) mass is 262 g/mol. The molecular formula is C14H11ClO3. The fourth-order valence-corrected chi connectivity index (χ4v) is 1.98. The number of benzene rings is 2. The third-order valence-corrected chi connectivity index (χ3v) is 2.95. The van der Waals surface area contributed by atoms with Crippen molar-refractivity contribution in [3.8, 4) is 16.9 Å². The summed E-state index contributed by atoms with van der Waals surface area (Å²) >= 11 is 6.10. The molecule has 3 nitrogen and oxygen atoms in total. The second kappa shape index (κ2) is 5.10. The first-order valence-electron chi connectivity index (χ1n) is 5.29. The molecule has 1 N–H and O–H groups in total. The van der Waals surface area contributed by atoms with Gasteiger partial charge in [-0.3, -0.25) is 0 Å². The highest BCUT2D eigenvalue weighted by molar-refractivity contribution is 6.33. The Morgan fingerprint density at radius 2 is 1.94 bits per heavy atom. The van der Waals surface area contributed by atoms with Crippen molar-refractivity contribution in [2.24, 2.45) is 0 Å². The van der Waals surface area contributed by atoms with E-state index in [1.807, 2.05) is 18.2 Å². The number of hydrogen-bond donors (Lipinski definition) is 1. The van der Waals surface area contributed by atoms with Crippen molar-refractivity contribution in [1.82, 2.24) is 0 Å². The second-order valence-corrected chi connectivity index (χ2v) is 4.11. The number of hydrogen-bond acceptors (Lipinski definition) is 2. The number of carbonyl (C=O) groups is 1. The fraction of sp³-hybridized carbons (Fsp3) is 0.0714. The lowest BCUT2D eigenvalue weighted by atomic mass is 10.0. The van der Waals surface area contributed by atoms with Crippen LogP contribution < -0.4 is 4.74 Å². The molecule has 0 aliphatic carbocycles. The first-order valence-corrected chi connectivity index (χ1v) is 5.67. The summed E-state index contributed by atoms with van der Waals surface area (Å²) in [7, 11) is 1.44. The molecule has 0 aliphatic heterocycles. The van der Waals surface area contributed by atoms with E-state index >= 15 is 0 Å². The molecule has 2 aromatic rings. The van der Waals surface area contributed by atoms with Gasteiger partial charge in [0.1, 0.15) is 11.3 Å². The highest BCUT2D eigenvalue weighted by Gasteiger charge is 2.12. The van der Waals surface area contributed by atoms with E-state index in [4.69, 9.17) is 21.4 Å². The Morgan fingerprint density at radius 1 is 1.22 bits per heavy atom. The molecule has 0 atom stereocenters. The van der Waals surface area contributed by atoms with Gasteiger partial charge in [0.15, 0.2) is 0 Å². The van der Waals surface area contributed by atoms with E-state index in [-0.39, 0.29) is 5.56 Å². The van der Waals surface area contributed by atoms with Crippen molar-refractivity contribution >= 4 is 17.6 Å². The minimum absolute atomic E-state index is 0.133. The van der Waals surface area contributed by atoms with Gasteiger partial charge in [0, 0.05) is 10.6 Å². The molecule has 0 saturated carbocycles. The first-order chi connectivity index (χ1) is 8.63. The maximum atomic E-state index is 11.0. The zero-order valence-electron chi connectivity index (χ0n) is 9.68. The van der Waals surface area contributed by atoms with Crippen LogP contribution in [0.2, 0.25) is 5.02 Å². The molecule has 0 radical (unpaired) electrons. The van der Waals surface area contributed by atoms with Crippen LogP contribution in [0, 0.1) is 0 Å². The minimum Gasteiger partial charge on any atom is -0.496 e. The molecular weight excluding hydrogens is 252 g/mol. The standard InChI is InChI=1S/C14H11ClO3/c1-18-13-8-9(6-7-11(13)14(16)17)10-4-2-3-5-12(10)15/h2-8H,1H3,(H,16,17). The van der Waals surface area contributed by atoms with Gasteiger partial charge < -0.3 is 9.84 Å². The summed E-state index contributed by atoms with van der Waals surface area (Å²) in [6.45, 7) is 0. The van der Waals surface area contributed by atoms with E-state index in [2.05, 4.69) is 0 Å². The van der Waals surface area contributed by atoms with E-state index < -0.39 is 5.97 Å². The van der Waals surface area contributed by atoms with E-state index in [9.17, 15) is 4.79 Å². The average molecular weight is 263 g/mol. The van der Waals surface area contributed by atoms with Gasteiger partial charge in [0.2, 0.25) is 0 Å². The molecule has 0 unspecified atom stereocenters. The molecule has 2 aromatic carbocycles. The van der Waals surface area contributed by atoms with E-state index in [0.29, 0.717) is 10.8 Å². The predicted octanol–water partition coefficient (Wildman–Crippen LogP) is 3.71. The van der Waals surface area contributed by atoms with Crippen LogP contribution in [0.25, 0.3) is 11.1 Å². The summed E-state index contributed by atoms with van der Waals surface area (Å²) in [6.07, 6.45) is 0. The SMILES string of the molecule is COc1cc(-c2ccccc2Cl)ccc1C(=O)O. The summed E-state index contributed by atoms with van der Waals surface area (Å²) in [5, 5.41) is 9.62. The van der Waals surface area contributed by atoms with Crippen molar-refractivity contribution in [3.05, 3.63) is 53.1 Å². The zero-order chi connectivity index (χ0) is 13.1. The van der Waals surface area contributed by atoms with E-state index in [1.165, 1.54) is 13.2 Å².